The van der Waals surface area contributed by atoms with Gasteiger partial charge in [-0.1, -0.05) is 30.3 Å². The third-order valence-corrected chi connectivity index (χ3v) is 4.54. The Morgan fingerprint density at radius 3 is 2.25 bits per heavy atom. The third kappa shape index (κ3) is 3.23. The number of phenolic OH excluding ortho intramolecular Hbond substituents is 1. The number of aromatic hydroxyl groups is 1. The van der Waals surface area contributed by atoms with Crippen molar-refractivity contribution >= 4 is 23.4 Å². The maximum absolute atomic E-state index is 12.7. The van der Waals surface area contributed by atoms with E-state index in [4.69, 9.17) is 0 Å². The standard InChI is InChI=1S/C22H16N2O4/c25-17-9-6-15(7-10-17)20(26)23-16-8-11-18-19(12-16)22(28)24(21(18)27)13-14-4-2-1-3-5-14/h1-12,25H,13H2,(H,23,26). The molecule has 1 aliphatic heterocycles. The Labute approximate surface area is 161 Å². The topological polar surface area (TPSA) is 86.7 Å². The van der Waals surface area contributed by atoms with Crippen LogP contribution < -0.4 is 5.32 Å². The van der Waals surface area contributed by atoms with E-state index >= 15 is 0 Å². The molecule has 0 spiro atoms. The average Bonchev–Trinajstić information content (AvgIpc) is 2.94. The van der Waals surface area contributed by atoms with Gasteiger partial charge in [0.2, 0.25) is 0 Å². The molecular weight excluding hydrogens is 356 g/mol. The van der Waals surface area contributed by atoms with Gasteiger partial charge >= 0.3 is 0 Å². The van der Waals surface area contributed by atoms with Gasteiger partial charge in [0.05, 0.1) is 17.7 Å². The number of amides is 3. The molecule has 0 atom stereocenters. The fourth-order valence-electron chi connectivity index (χ4n) is 3.09. The smallest absolute Gasteiger partial charge is 0.261 e. The molecule has 0 aliphatic carbocycles. The molecule has 0 saturated carbocycles. The first-order chi connectivity index (χ1) is 13.5. The summed E-state index contributed by atoms with van der Waals surface area (Å²) in [6.07, 6.45) is 0. The number of anilines is 1. The number of nitrogens with one attached hydrogen (secondary N) is 1. The summed E-state index contributed by atoms with van der Waals surface area (Å²) >= 11 is 0. The Kier molecular flexibility index (Phi) is 4.37. The molecule has 3 amide bonds. The van der Waals surface area contributed by atoms with Gasteiger partial charge in [-0.05, 0) is 48.0 Å². The van der Waals surface area contributed by atoms with Crippen LogP contribution in [0, 0.1) is 0 Å². The number of carbonyl (C=O) groups is 3. The Morgan fingerprint density at radius 2 is 1.54 bits per heavy atom. The minimum absolute atomic E-state index is 0.0664. The molecule has 6 heteroatoms. The Morgan fingerprint density at radius 1 is 0.857 bits per heavy atom. The van der Waals surface area contributed by atoms with Crippen molar-refractivity contribution < 1.29 is 19.5 Å². The zero-order valence-electron chi connectivity index (χ0n) is 14.8. The highest BCUT2D eigenvalue weighted by atomic mass is 16.3. The summed E-state index contributed by atoms with van der Waals surface area (Å²) in [4.78, 5) is 38.8. The third-order valence-electron chi connectivity index (χ3n) is 4.54. The molecule has 0 aromatic heterocycles. The summed E-state index contributed by atoms with van der Waals surface area (Å²) in [6.45, 7) is 0.197. The summed E-state index contributed by atoms with van der Waals surface area (Å²) in [5.74, 6) is -1.04. The second-order valence-electron chi connectivity index (χ2n) is 6.44. The van der Waals surface area contributed by atoms with Gasteiger partial charge < -0.3 is 10.4 Å². The van der Waals surface area contributed by atoms with Crippen molar-refractivity contribution in [2.45, 2.75) is 6.54 Å². The zero-order chi connectivity index (χ0) is 19.7. The van der Waals surface area contributed by atoms with Gasteiger partial charge in [-0.25, -0.2) is 0 Å². The maximum Gasteiger partial charge on any atom is 0.261 e. The highest BCUT2D eigenvalue weighted by Crippen LogP contribution is 2.27. The van der Waals surface area contributed by atoms with Crippen molar-refractivity contribution in [3.05, 3.63) is 95.1 Å². The van der Waals surface area contributed by atoms with Crippen LogP contribution in [0.1, 0.15) is 36.6 Å². The number of fused-ring (bicyclic) bond motifs is 1. The molecule has 3 aromatic rings. The van der Waals surface area contributed by atoms with E-state index < -0.39 is 0 Å². The largest absolute Gasteiger partial charge is 0.508 e. The number of carbonyl (C=O) groups excluding carboxylic acids is 3. The van der Waals surface area contributed by atoms with Crippen molar-refractivity contribution in [2.75, 3.05) is 5.32 Å². The summed E-state index contributed by atoms with van der Waals surface area (Å²) in [5.41, 5.74) is 2.23. The molecule has 6 nitrogen and oxygen atoms in total. The fraction of sp³-hybridized carbons (Fsp3) is 0.0455. The number of phenols is 1. The minimum atomic E-state index is -0.385. The molecular formula is C22H16N2O4. The molecule has 4 rings (SSSR count). The van der Waals surface area contributed by atoms with Crippen LogP contribution in [-0.4, -0.2) is 27.7 Å². The van der Waals surface area contributed by atoms with Crippen LogP contribution in [0.3, 0.4) is 0 Å². The van der Waals surface area contributed by atoms with Gasteiger partial charge in [-0.2, -0.15) is 0 Å². The molecule has 138 valence electrons. The number of benzene rings is 3. The van der Waals surface area contributed by atoms with E-state index in [1.165, 1.54) is 35.2 Å². The van der Waals surface area contributed by atoms with Crippen LogP contribution in [0.4, 0.5) is 5.69 Å². The maximum atomic E-state index is 12.7. The predicted octanol–water partition coefficient (Wildman–Crippen LogP) is 3.44. The molecule has 0 saturated heterocycles. The highest BCUT2D eigenvalue weighted by Gasteiger charge is 2.35. The zero-order valence-corrected chi connectivity index (χ0v) is 14.8. The van der Waals surface area contributed by atoms with E-state index in [1.54, 1.807) is 12.1 Å². The molecule has 1 heterocycles. The van der Waals surface area contributed by atoms with Crippen LogP contribution >= 0.6 is 0 Å². The van der Waals surface area contributed by atoms with E-state index in [0.29, 0.717) is 16.8 Å². The molecule has 3 aromatic carbocycles. The summed E-state index contributed by atoms with van der Waals surface area (Å²) in [7, 11) is 0. The highest BCUT2D eigenvalue weighted by molar-refractivity contribution is 6.22. The molecule has 0 radical (unpaired) electrons. The second-order valence-corrected chi connectivity index (χ2v) is 6.44. The van der Waals surface area contributed by atoms with Crippen molar-refractivity contribution in [1.29, 1.82) is 0 Å². The number of hydrogen-bond donors (Lipinski definition) is 2. The molecule has 28 heavy (non-hydrogen) atoms. The monoisotopic (exact) mass is 372 g/mol. The molecule has 0 fully saturated rings. The molecule has 1 aliphatic rings. The van der Waals surface area contributed by atoms with Crippen LogP contribution in [0.2, 0.25) is 0 Å². The quantitative estimate of drug-likeness (QED) is 0.687. The number of nitrogens with zero attached hydrogens (tertiary/aromatic N) is 1. The summed E-state index contributed by atoms with van der Waals surface area (Å²) in [6, 6.07) is 19.8. The minimum Gasteiger partial charge on any atom is -0.508 e. The lowest BCUT2D eigenvalue weighted by Crippen LogP contribution is -2.29. The fourth-order valence-corrected chi connectivity index (χ4v) is 3.09. The van der Waals surface area contributed by atoms with Crippen molar-refractivity contribution in [2.24, 2.45) is 0 Å². The van der Waals surface area contributed by atoms with Crippen LogP contribution in [0.15, 0.2) is 72.8 Å². The number of hydrogen-bond acceptors (Lipinski definition) is 4. The van der Waals surface area contributed by atoms with Crippen LogP contribution in [0.25, 0.3) is 0 Å². The first-order valence-electron chi connectivity index (χ1n) is 8.67. The van der Waals surface area contributed by atoms with Gasteiger partial charge in [0.25, 0.3) is 17.7 Å². The Balaban J connectivity index is 1.55. The van der Waals surface area contributed by atoms with E-state index in [0.717, 1.165) is 5.56 Å². The van der Waals surface area contributed by atoms with Crippen molar-refractivity contribution in [1.82, 2.24) is 4.90 Å². The van der Waals surface area contributed by atoms with E-state index in [2.05, 4.69) is 5.32 Å². The lowest BCUT2D eigenvalue weighted by molar-refractivity contribution is 0.0642. The van der Waals surface area contributed by atoms with Gasteiger partial charge in [0, 0.05) is 11.3 Å². The van der Waals surface area contributed by atoms with Crippen LogP contribution in [0.5, 0.6) is 5.75 Å². The van der Waals surface area contributed by atoms with Gasteiger partial charge in [0.15, 0.2) is 0 Å². The van der Waals surface area contributed by atoms with Crippen molar-refractivity contribution in [3.8, 4) is 5.75 Å². The van der Waals surface area contributed by atoms with Gasteiger partial charge in [-0.15, -0.1) is 0 Å². The molecule has 2 N–H and O–H groups in total. The van der Waals surface area contributed by atoms with Crippen LogP contribution in [-0.2, 0) is 6.54 Å². The lowest BCUT2D eigenvalue weighted by atomic mass is 10.1. The SMILES string of the molecule is O=C(Nc1ccc2c(c1)C(=O)N(Cc1ccccc1)C2=O)c1ccc(O)cc1. The number of imide groups is 1. The molecule has 0 unspecified atom stereocenters. The Hall–Kier alpha value is -3.93. The summed E-state index contributed by atoms with van der Waals surface area (Å²) < 4.78 is 0. The lowest BCUT2D eigenvalue weighted by Gasteiger charge is -2.13. The Bertz CT molecular complexity index is 1080. The molecule has 0 bridgehead atoms. The van der Waals surface area contributed by atoms with Gasteiger partial charge in [0.1, 0.15) is 5.75 Å². The first-order valence-corrected chi connectivity index (χ1v) is 8.67. The van der Waals surface area contributed by atoms with E-state index in [-0.39, 0.29) is 35.6 Å². The first kappa shape index (κ1) is 17.5. The van der Waals surface area contributed by atoms with Crippen molar-refractivity contribution in [3.63, 3.8) is 0 Å². The average molecular weight is 372 g/mol. The number of rotatable bonds is 4. The van der Waals surface area contributed by atoms with E-state index in [1.807, 2.05) is 30.3 Å². The van der Waals surface area contributed by atoms with E-state index in [9.17, 15) is 19.5 Å². The normalized spacial score (nSPS) is 12.8. The van der Waals surface area contributed by atoms with Gasteiger partial charge in [-0.3, -0.25) is 19.3 Å². The summed E-state index contributed by atoms with van der Waals surface area (Å²) in [5, 5.41) is 12.0. The predicted molar refractivity (Wildman–Crippen MR) is 103 cm³/mol. The second kappa shape index (κ2) is 7.00.